The standard InChI is InChI=1S/C7H12N2O3/c1-8-3-6(11)9(2)5(4-10)7(8)12/h5,10H,3-4H2,1-2H3. The molecule has 1 aliphatic heterocycles. The third kappa shape index (κ3) is 1.27. The summed E-state index contributed by atoms with van der Waals surface area (Å²) in [7, 11) is 3.07. The second kappa shape index (κ2) is 3.10. The predicted molar refractivity (Wildman–Crippen MR) is 41.3 cm³/mol. The summed E-state index contributed by atoms with van der Waals surface area (Å²) >= 11 is 0. The highest BCUT2D eigenvalue weighted by Gasteiger charge is 2.34. The molecule has 0 aromatic heterocycles. The zero-order valence-electron chi connectivity index (χ0n) is 7.15. The lowest BCUT2D eigenvalue weighted by atomic mass is 10.2. The minimum Gasteiger partial charge on any atom is -0.394 e. The Morgan fingerprint density at radius 1 is 1.50 bits per heavy atom. The fourth-order valence-corrected chi connectivity index (χ4v) is 1.19. The highest BCUT2D eigenvalue weighted by molar-refractivity contribution is 5.94. The summed E-state index contributed by atoms with van der Waals surface area (Å²) in [6, 6.07) is -0.698. The number of carbonyl (C=O) groups excluding carboxylic acids is 2. The summed E-state index contributed by atoms with van der Waals surface area (Å²) < 4.78 is 0. The number of aliphatic hydroxyl groups is 1. The van der Waals surface area contributed by atoms with Crippen LogP contribution in [0.5, 0.6) is 0 Å². The second-order valence-corrected chi connectivity index (χ2v) is 2.90. The number of amides is 2. The first-order valence-electron chi connectivity index (χ1n) is 3.69. The van der Waals surface area contributed by atoms with Crippen molar-refractivity contribution >= 4 is 11.8 Å². The van der Waals surface area contributed by atoms with E-state index < -0.39 is 6.04 Å². The largest absolute Gasteiger partial charge is 0.394 e. The van der Waals surface area contributed by atoms with Gasteiger partial charge in [-0.1, -0.05) is 0 Å². The SMILES string of the molecule is CN1CC(=O)N(C)C(CO)C1=O. The molecule has 1 N–H and O–H groups in total. The molecule has 0 aromatic carbocycles. The molecule has 12 heavy (non-hydrogen) atoms. The van der Waals surface area contributed by atoms with E-state index >= 15 is 0 Å². The van der Waals surface area contributed by atoms with Crippen molar-refractivity contribution in [3.63, 3.8) is 0 Å². The number of likely N-dealkylation sites (N-methyl/N-ethyl adjacent to an activating group) is 2. The van der Waals surface area contributed by atoms with E-state index in [1.807, 2.05) is 0 Å². The summed E-state index contributed by atoms with van der Waals surface area (Å²) in [5.74, 6) is -0.351. The molecule has 1 unspecified atom stereocenters. The zero-order chi connectivity index (χ0) is 9.30. The van der Waals surface area contributed by atoms with Gasteiger partial charge in [-0.2, -0.15) is 0 Å². The average Bonchev–Trinajstić information content (AvgIpc) is 2.02. The zero-order valence-corrected chi connectivity index (χ0v) is 7.15. The van der Waals surface area contributed by atoms with Crippen molar-refractivity contribution in [3.8, 4) is 0 Å². The molecule has 5 heteroatoms. The fourth-order valence-electron chi connectivity index (χ4n) is 1.19. The minimum atomic E-state index is -0.698. The maximum Gasteiger partial charge on any atom is 0.247 e. The van der Waals surface area contributed by atoms with Gasteiger partial charge in [0.05, 0.1) is 13.2 Å². The molecular formula is C7H12N2O3. The van der Waals surface area contributed by atoms with E-state index in [2.05, 4.69) is 0 Å². The molecule has 1 atom stereocenters. The number of rotatable bonds is 1. The molecule has 0 aromatic rings. The Bertz CT molecular complexity index is 217. The topological polar surface area (TPSA) is 60.9 Å². The Morgan fingerprint density at radius 3 is 2.58 bits per heavy atom. The van der Waals surface area contributed by atoms with E-state index in [1.165, 1.54) is 16.8 Å². The molecule has 1 fully saturated rings. The molecule has 1 aliphatic rings. The molecule has 0 spiro atoms. The Balaban J connectivity index is 2.81. The van der Waals surface area contributed by atoms with Crippen LogP contribution in [0.3, 0.4) is 0 Å². The highest BCUT2D eigenvalue weighted by Crippen LogP contribution is 2.07. The second-order valence-electron chi connectivity index (χ2n) is 2.90. The van der Waals surface area contributed by atoms with Gasteiger partial charge >= 0.3 is 0 Å². The Hall–Kier alpha value is -1.10. The predicted octanol–water partition coefficient (Wildman–Crippen LogP) is -1.72. The van der Waals surface area contributed by atoms with Crippen LogP contribution >= 0.6 is 0 Å². The minimum absolute atomic E-state index is 0.103. The van der Waals surface area contributed by atoms with Gasteiger partial charge in [-0.3, -0.25) is 9.59 Å². The summed E-state index contributed by atoms with van der Waals surface area (Å²) in [6.07, 6.45) is 0. The lowest BCUT2D eigenvalue weighted by molar-refractivity contribution is -0.154. The van der Waals surface area contributed by atoms with E-state index in [0.29, 0.717) is 0 Å². The third-order valence-corrected chi connectivity index (χ3v) is 2.07. The van der Waals surface area contributed by atoms with Crippen LogP contribution < -0.4 is 0 Å². The Kier molecular flexibility index (Phi) is 2.32. The van der Waals surface area contributed by atoms with E-state index in [4.69, 9.17) is 5.11 Å². The molecule has 0 aliphatic carbocycles. The molecular weight excluding hydrogens is 160 g/mol. The Labute approximate surface area is 70.6 Å². The summed E-state index contributed by atoms with van der Waals surface area (Å²) in [4.78, 5) is 25.0. The normalized spacial score (nSPS) is 25.1. The molecule has 0 radical (unpaired) electrons. The fraction of sp³-hybridized carbons (Fsp3) is 0.714. The number of nitrogens with zero attached hydrogens (tertiary/aromatic N) is 2. The molecule has 0 saturated carbocycles. The van der Waals surface area contributed by atoms with Crippen molar-refractivity contribution in [1.82, 2.24) is 9.80 Å². The van der Waals surface area contributed by atoms with Gasteiger partial charge in [0.15, 0.2) is 0 Å². The summed E-state index contributed by atoms with van der Waals surface area (Å²) in [6.45, 7) is -0.211. The maximum atomic E-state index is 11.3. The molecule has 0 bridgehead atoms. The lowest BCUT2D eigenvalue weighted by Gasteiger charge is -2.35. The average molecular weight is 172 g/mol. The maximum absolute atomic E-state index is 11.3. The van der Waals surface area contributed by atoms with Gasteiger partial charge in [-0.15, -0.1) is 0 Å². The first-order chi connectivity index (χ1) is 5.57. The number of aliphatic hydroxyl groups excluding tert-OH is 1. The van der Waals surface area contributed by atoms with E-state index in [9.17, 15) is 9.59 Å². The van der Waals surface area contributed by atoms with E-state index in [-0.39, 0.29) is 25.0 Å². The molecule has 2 amide bonds. The first kappa shape index (κ1) is 8.99. The van der Waals surface area contributed by atoms with Gasteiger partial charge in [-0.25, -0.2) is 0 Å². The lowest BCUT2D eigenvalue weighted by Crippen LogP contribution is -2.58. The van der Waals surface area contributed by atoms with Crippen LogP contribution in [0.1, 0.15) is 0 Å². The van der Waals surface area contributed by atoms with E-state index in [1.54, 1.807) is 7.05 Å². The van der Waals surface area contributed by atoms with Crippen molar-refractivity contribution in [1.29, 1.82) is 0 Å². The van der Waals surface area contributed by atoms with Crippen LogP contribution in [0.15, 0.2) is 0 Å². The van der Waals surface area contributed by atoms with Crippen LogP contribution in [0.4, 0.5) is 0 Å². The highest BCUT2D eigenvalue weighted by atomic mass is 16.3. The third-order valence-electron chi connectivity index (χ3n) is 2.07. The van der Waals surface area contributed by atoms with Crippen LogP contribution in [0.25, 0.3) is 0 Å². The number of hydrogen-bond acceptors (Lipinski definition) is 3. The van der Waals surface area contributed by atoms with Gasteiger partial charge in [0.1, 0.15) is 6.04 Å². The van der Waals surface area contributed by atoms with Crippen molar-refractivity contribution in [3.05, 3.63) is 0 Å². The number of hydrogen-bond donors (Lipinski definition) is 1. The van der Waals surface area contributed by atoms with E-state index in [0.717, 1.165) is 0 Å². The van der Waals surface area contributed by atoms with Crippen LogP contribution in [-0.2, 0) is 9.59 Å². The van der Waals surface area contributed by atoms with Crippen molar-refractivity contribution in [2.75, 3.05) is 27.2 Å². The number of piperazine rings is 1. The smallest absolute Gasteiger partial charge is 0.247 e. The molecule has 5 nitrogen and oxygen atoms in total. The van der Waals surface area contributed by atoms with Gasteiger partial charge in [0.25, 0.3) is 0 Å². The van der Waals surface area contributed by atoms with Crippen molar-refractivity contribution in [2.24, 2.45) is 0 Å². The molecule has 1 heterocycles. The van der Waals surface area contributed by atoms with Crippen LogP contribution in [-0.4, -0.2) is 60.0 Å². The van der Waals surface area contributed by atoms with Crippen molar-refractivity contribution in [2.45, 2.75) is 6.04 Å². The monoisotopic (exact) mass is 172 g/mol. The van der Waals surface area contributed by atoms with Gasteiger partial charge in [0.2, 0.25) is 11.8 Å². The van der Waals surface area contributed by atoms with Crippen LogP contribution in [0.2, 0.25) is 0 Å². The molecule has 1 rings (SSSR count). The summed E-state index contributed by atoms with van der Waals surface area (Å²) in [5, 5.41) is 8.83. The van der Waals surface area contributed by atoms with Gasteiger partial charge < -0.3 is 14.9 Å². The molecule has 1 saturated heterocycles. The van der Waals surface area contributed by atoms with Crippen molar-refractivity contribution < 1.29 is 14.7 Å². The molecule has 68 valence electrons. The Morgan fingerprint density at radius 2 is 2.08 bits per heavy atom. The van der Waals surface area contributed by atoms with Gasteiger partial charge in [0, 0.05) is 14.1 Å². The van der Waals surface area contributed by atoms with Gasteiger partial charge in [-0.05, 0) is 0 Å². The summed E-state index contributed by atoms with van der Waals surface area (Å²) in [5.41, 5.74) is 0. The first-order valence-corrected chi connectivity index (χ1v) is 3.69. The quantitative estimate of drug-likeness (QED) is 0.511. The number of carbonyl (C=O) groups is 2. The van der Waals surface area contributed by atoms with Crippen LogP contribution in [0, 0.1) is 0 Å².